The Bertz CT molecular complexity index is 940. The lowest BCUT2D eigenvalue weighted by Gasteiger charge is -2.32. The molecule has 1 aliphatic heterocycles. The van der Waals surface area contributed by atoms with E-state index in [1.54, 1.807) is 18.0 Å². The number of likely N-dealkylation sites (tertiary alicyclic amines) is 1. The smallest absolute Gasteiger partial charge is 0.410 e. The Balaban J connectivity index is 1.79. The first kappa shape index (κ1) is 24.5. The van der Waals surface area contributed by atoms with Crippen LogP contribution < -0.4 is 0 Å². The van der Waals surface area contributed by atoms with E-state index in [0.717, 1.165) is 11.1 Å². The topological polar surface area (TPSA) is 59.1 Å². The fourth-order valence-electron chi connectivity index (χ4n) is 4.18. The molecule has 3 rings (SSSR count). The first-order valence-corrected chi connectivity index (χ1v) is 11.3. The van der Waals surface area contributed by atoms with Crippen LogP contribution in [0.25, 0.3) is 0 Å². The van der Waals surface area contributed by atoms with Gasteiger partial charge in [0.05, 0.1) is 6.04 Å². The first-order valence-electron chi connectivity index (χ1n) is 11.3. The van der Waals surface area contributed by atoms with E-state index in [1.165, 1.54) is 0 Å². The fourth-order valence-corrected chi connectivity index (χ4v) is 4.18. The van der Waals surface area contributed by atoms with Crippen molar-refractivity contribution in [3.05, 3.63) is 84.4 Å². The van der Waals surface area contributed by atoms with Gasteiger partial charge in [0.15, 0.2) is 0 Å². The molecular weight excluding hydrogens is 416 g/mol. The highest BCUT2D eigenvalue weighted by Gasteiger charge is 2.47. The second kappa shape index (κ2) is 10.7. The van der Waals surface area contributed by atoms with Gasteiger partial charge in [-0.2, -0.15) is 0 Å². The Morgan fingerprint density at radius 2 is 1.64 bits per heavy atom. The zero-order valence-corrected chi connectivity index (χ0v) is 19.9. The predicted molar refractivity (Wildman–Crippen MR) is 128 cm³/mol. The molecule has 0 radical (unpaired) electrons. The van der Waals surface area contributed by atoms with Crippen molar-refractivity contribution in [3.63, 3.8) is 0 Å². The summed E-state index contributed by atoms with van der Waals surface area (Å²) in [5, 5.41) is 0. The van der Waals surface area contributed by atoms with E-state index in [0.29, 0.717) is 13.0 Å². The predicted octanol–water partition coefficient (Wildman–Crippen LogP) is 4.79. The van der Waals surface area contributed by atoms with E-state index < -0.39 is 17.7 Å². The van der Waals surface area contributed by atoms with Crippen LogP contribution in [0.4, 0.5) is 4.79 Å². The molecule has 1 saturated heterocycles. The summed E-state index contributed by atoms with van der Waals surface area (Å²) < 4.78 is 11.3. The third-order valence-electron chi connectivity index (χ3n) is 5.76. The standard InChI is InChI=1S/C27H34N2O4/c1-6-22-23(28(5)26(31)32-19-21-15-11-8-12-16-21)17-24(25(30)33-27(2,3)4)29(22)18-20-13-9-7-10-14-20/h6-16,22-24H,1,17-19H2,2-5H3/t22-,23+,24+/m0/s1. The molecule has 1 amide bonds. The van der Waals surface area contributed by atoms with Crippen molar-refractivity contribution in [3.8, 4) is 0 Å². The monoisotopic (exact) mass is 450 g/mol. The second-order valence-corrected chi connectivity index (χ2v) is 9.39. The molecule has 0 spiro atoms. The maximum absolute atomic E-state index is 13.1. The van der Waals surface area contributed by atoms with Gasteiger partial charge in [-0.05, 0) is 38.3 Å². The van der Waals surface area contributed by atoms with Gasteiger partial charge in [-0.3, -0.25) is 9.69 Å². The molecule has 0 saturated carbocycles. The van der Waals surface area contributed by atoms with E-state index in [1.807, 2.05) is 81.4 Å². The summed E-state index contributed by atoms with van der Waals surface area (Å²) in [4.78, 5) is 29.7. The van der Waals surface area contributed by atoms with E-state index in [-0.39, 0.29) is 24.7 Å². The minimum absolute atomic E-state index is 0.193. The van der Waals surface area contributed by atoms with Gasteiger partial charge in [0, 0.05) is 19.6 Å². The van der Waals surface area contributed by atoms with Crippen LogP contribution in [0.3, 0.4) is 0 Å². The number of likely N-dealkylation sites (N-methyl/N-ethyl adjacent to an activating group) is 1. The van der Waals surface area contributed by atoms with Crippen LogP contribution in [-0.4, -0.2) is 52.6 Å². The molecule has 33 heavy (non-hydrogen) atoms. The summed E-state index contributed by atoms with van der Waals surface area (Å²) in [5.74, 6) is -0.293. The summed E-state index contributed by atoms with van der Waals surface area (Å²) in [7, 11) is 1.71. The van der Waals surface area contributed by atoms with E-state index in [9.17, 15) is 9.59 Å². The van der Waals surface area contributed by atoms with Gasteiger partial charge in [-0.1, -0.05) is 66.7 Å². The minimum Gasteiger partial charge on any atom is -0.459 e. The van der Waals surface area contributed by atoms with Crippen molar-refractivity contribution >= 4 is 12.1 Å². The lowest BCUT2D eigenvalue weighted by molar-refractivity contribution is -0.160. The minimum atomic E-state index is -0.599. The lowest BCUT2D eigenvalue weighted by Crippen LogP contribution is -2.46. The maximum Gasteiger partial charge on any atom is 0.410 e. The first-order chi connectivity index (χ1) is 15.7. The van der Waals surface area contributed by atoms with Crippen LogP contribution in [0.15, 0.2) is 73.3 Å². The van der Waals surface area contributed by atoms with Crippen molar-refractivity contribution in [2.24, 2.45) is 0 Å². The molecule has 3 atom stereocenters. The largest absolute Gasteiger partial charge is 0.459 e. The molecule has 0 bridgehead atoms. The van der Waals surface area contributed by atoms with Crippen molar-refractivity contribution in [1.82, 2.24) is 9.80 Å². The normalized spacial score (nSPS) is 20.8. The second-order valence-electron chi connectivity index (χ2n) is 9.39. The summed E-state index contributed by atoms with van der Waals surface area (Å²) in [6.07, 6.45) is 1.81. The van der Waals surface area contributed by atoms with Gasteiger partial charge < -0.3 is 14.4 Å². The van der Waals surface area contributed by atoms with Gasteiger partial charge in [-0.25, -0.2) is 4.79 Å². The molecule has 1 heterocycles. The molecule has 0 N–H and O–H groups in total. The number of hydrogen-bond acceptors (Lipinski definition) is 5. The van der Waals surface area contributed by atoms with Crippen molar-refractivity contribution in [2.75, 3.05) is 7.05 Å². The zero-order valence-electron chi connectivity index (χ0n) is 19.9. The Morgan fingerprint density at radius 3 is 2.18 bits per heavy atom. The van der Waals surface area contributed by atoms with Crippen molar-refractivity contribution in [1.29, 1.82) is 0 Å². The Morgan fingerprint density at radius 1 is 1.06 bits per heavy atom. The third-order valence-corrected chi connectivity index (χ3v) is 5.76. The number of esters is 1. The molecule has 1 aliphatic rings. The van der Waals surface area contributed by atoms with Crippen LogP contribution in [0, 0.1) is 0 Å². The summed E-state index contributed by atoms with van der Waals surface area (Å²) in [6.45, 7) is 10.3. The number of carbonyl (C=O) groups is 2. The third kappa shape index (κ3) is 6.45. The Labute approximate surface area is 196 Å². The average Bonchev–Trinajstić information content (AvgIpc) is 3.15. The SMILES string of the molecule is C=C[C@H]1[C@H](N(C)C(=O)OCc2ccccc2)C[C@H](C(=O)OC(C)(C)C)N1Cc1ccccc1. The van der Waals surface area contributed by atoms with Crippen LogP contribution in [0.1, 0.15) is 38.3 Å². The summed E-state index contributed by atoms with van der Waals surface area (Å²) in [6, 6.07) is 18.5. The number of ether oxygens (including phenoxy) is 2. The molecule has 0 aromatic heterocycles. The molecule has 6 nitrogen and oxygen atoms in total. The number of amides is 1. The van der Waals surface area contributed by atoms with Gasteiger partial charge in [0.2, 0.25) is 0 Å². The number of benzene rings is 2. The van der Waals surface area contributed by atoms with Crippen LogP contribution >= 0.6 is 0 Å². The number of rotatable bonds is 7. The highest BCUT2D eigenvalue weighted by atomic mass is 16.6. The highest BCUT2D eigenvalue weighted by Crippen LogP contribution is 2.32. The van der Waals surface area contributed by atoms with Gasteiger partial charge >= 0.3 is 12.1 Å². The molecule has 2 aromatic rings. The molecule has 0 aliphatic carbocycles. The van der Waals surface area contributed by atoms with Gasteiger partial charge in [-0.15, -0.1) is 6.58 Å². The maximum atomic E-state index is 13.1. The molecular formula is C27H34N2O4. The molecule has 176 valence electrons. The number of nitrogens with zero attached hydrogens (tertiary/aromatic N) is 2. The average molecular weight is 451 g/mol. The van der Waals surface area contributed by atoms with E-state index in [4.69, 9.17) is 9.47 Å². The summed E-state index contributed by atoms with van der Waals surface area (Å²) >= 11 is 0. The lowest BCUT2D eigenvalue weighted by atomic mass is 10.1. The van der Waals surface area contributed by atoms with Crippen LogP contribution in [-0.2, 0) is 27.4 Å². The van der Waals surface area contributed by atoms with Crippen molar-refractivity contribution in [2.45, 2.75) is 64.1 Å². The molecule has 6 heteroatoms. The zero-order chi connectivity index (χ0) is 24.0. The Hall–Kier alpha value is -3.12. The fraction of sp³-hybridized carbons (Fsp3) is 0.407. The van der Waals surface area contributed by atoms with Gasteiger partial charge in [0.1, 0.15) is 18.2 Å². The van der Waals surface area contributed by atoms with E-state index in [2.05, 4.69) is 11.5 Å². The van der Waals surface area contributed by atoms with Crippen LogP contribution in [0.2, 0.25) is 0 Å². The Kier molecular flexibility index (Phi) is 7.92. The molecule has 0 unspecified atom stereocenters. The number of carbonyl (C=O) groups excluding carboxylic acids is 2. The quantitative estimate of drug-likeness (QED) is 0.448. The van der Waals surface area contributed by atoms with Crippen LogP contribution in [0.5, 0.6) is 0 Å². The van der Waals surface area contributed by atoms with E-state index >= 15 is 0 Å². The molecule has 2 aromatic carbocycles. The molecule has 1 fully saturated rings. The van der Waals surface area contributed by atoms with Gasteiger partial charge in [0.25, 0.3) is 0 Å². The number of hydrogen-bond donors (Lipinski definition) is 0. The van der Waals surface area contributed by atoms with Crippen molar-refractivity contribution < 1.29 is 19.1 Å². The summed E-state index contributed by atoms with van der Waals surface area (Å²) in [5.41, 5.74) is 1.40. The highest BCUT2D eigenvalue weighted by molar-refractivity contribution is 5.77.